The molecule has 0 aromatic rings. The molecule has 20 valence electrons. The fourth-order valence-corrected chi connectivity index (χ4v) is 0. The minimum absolute atomic E-state index is 0. The van der Waals surface area contributed by atoms with E-state index in [4.69, 9.17) is 0 Å². The van der Waals surface area contributed by atoms with Crippen molar-refractivity contribution in [2.75, 3.05) is 0 Å². The van der Waals surface area contributed by atoms with Gasteiger partial charge in [0.25, 0.3) is 0 Å². The molecule has 0 heterocycles. The summed E-state index contributed by atoms with van der Waals surface area (Å²) in [5, 5.41) is 0. The van der Waals surface area contributed by atoms with Crippen molar-refractivity contribution in [2.45, 2.75) is 0 Å². The van der Waals surface area contributed by atoms with Gasteiger partial charge in [0.1, 0.15) is 0 Å². The Labute approximate surface area is 79.4 Å². The summed E-state index contributed by atoms with van der Waals surface area (Å²) < 4.78 is 0. The molecule has 0 atom stereocenters. The Morgan fingerprint density at radius 3 is 1.00 bits per heavy atom. The summed E-state index contributed by atoms with van der Waals surface area (Å²) >= 11 is 0. The van der Waals surface area contributed by atoms with Crippen LogP contribution in [0.25, 0.3) is 0 Å². The second kappa shape index (κ2) is 18.2. The van der Waals surface area contributed by atoms with Gasteiger partial charge < -0.3 is 6.15 Å². The molecule has 0 saturated heterocycles. The Morgan fingerprint density at radius 2 is 1.00 bits per heavy atom. The third-order valence-corrected chi connectivity index (χ3v) is 0. The van der Waals surface area contributed by atoms with Gasteiger partial charge in [0, 0.05) is 74.8 Å². The van der Waals surface area contributed by atoms with Crippen LogP contribution in [0.4, 0.5) is 0 Å². The van der Waals surface area contributed by atoms with Gasteiger partial charge >= 0.3 is 0 Å². The minimum atomic E-state index is 0. The second-order valence-corrected chi connectivity index (χ2v) is 0. The van der Waals surface area contributed by atoms with Crippen molar-refractivity contribution in [3.63, 3.8) is 0 Å². The zero-order chi connectivity index (χ0) is 0. The van der Waals surface area contributed by atoms with E-state index < -0.39 is 0 Å². The van der Waals surface area contributed by atoms with Crippen LogP contribution >= 0.6 is 23.4 Å². The molecule has 0 aliphatic carbocycles. The van der Waals surface area contributed by atoms with Crippen molar-refractivity contribution in [1.29, 1.82) is 0 Å². The Balaban J connectivity index is 0. The Kier molecular flexibility index (Phi) is 149. The van der Waals surface area contributed by atoms with E-state index in [1.165, 1.54) is 0 Å². The summed E-state index contributed by atoms with van der Waals surface area (Å²) in [6.45, 7) is 0. The van der Waals surface area contributed by atoms with Crippen LogP contribution < -0.4 is 6.15 Å². The molecule has 1 nitrogen and oxygen atoms in total. The van der Waals surface area contributed by atoms with Crippen molar-refractivity contribution >= 4 is 74.8 Å². The van der Waals surface area contributed by atoms with Crippen LogP contribution in [0.2, 0.25) is 0 Å². The number of hydrogen-bond acceptors (Lipinski definition) is 1. The van der Waals surface area contributed by atoms with Gasteiger partial charge in [-0.1, -0.05) is 0 Å². The first-order valence-corrected chi connectivity index (χ1v) is 0. The van der Waals surface area contributed by atoms with Crippen LogP contribution in [-0.4, -0.2) is 51.4 Å². The quantitative estimate of drug-likeness (QED) is 0.378. The molecule has 0 amide bonds. The van der Waals surface area contributed by atoms with Crippen molar-refractivity contribution < 1.29 is 0 Å². The average molecular weight is 119 g/mol. The molecular weight excluding hydrogens is 116 g/mol. The third-order valence-electron chi connectivity index (χ3n) is 0. The molecule has 4 heteroatoms. The summed E-state index contributed by atoms with van der Waals surface area (Å²) in [5.41, 5.74) is 0. The third kappa shape index (κ3) is 8.83. The molecule has 0 aromatic carbocycles. The normalized spacial score (nSPS) is 0. The molecule has 0 aliphatic heterocycles. The predicted molar refractivity (Wildman–Crippen MR) is 25.3 cm³/mol. The number of hydrogen-bond donors (Lipinski definition) is 1. The van der Waals surface area contributed by atoms with Gasteiger partial charge in [-0.25, -0.2) is 0 Å². The Morgan fingerprint density at radius 1 is 1.00 bits per heavy atom. The van der Waals surface area contributed by atoms with Crippen LogP contribution in [-0.2, 0) is 0 Å². The molecule has 6 radical (unpaired) electrons. The second-order valence-electron chi connectivity index (χ2n) is 0. The van der Waals surface area contributed by atoms with E-state index in [9.17, 15) is 0 Å². The van der Waals surface area contributed by atoms with E-state index in [1.54, 1.807) is 0 Å². The molecule has 0 aliphatic rings. The molecule has 0 fully saturated rings. The molecule has 4 heavy (non-hydrogen) atoms. The van der Waals surface area contributed by atoms with Crippen molar-refractivity contribution in [3.8, 4) is 0 Å². The van der Waals surface area contributed by atoms with Gasteiger partial charge in [-0.2, -0.15) is 0 Å². The molecule has 3 N–H and O–H groups in total. The van der Waals surface area contributed by atoms with Crippen molar-refractivity contribution in [1.82, 2.24) is 6.15 Å². The fraction of sp³-hybridized carbons (Fsp3) is 0. The van der Waals surface area contributed by atoms with E-state index >= 15 is 0 Å². The first-order chi connectivity index (χ1) is 0. The summed E-state index contributed by atoms with van der Waals surface area (Å²) in [6.07, 6.45) is 0. The molecule has 0 rings (SSSR count). The molecule has 0 saturated carbocycles. The van der Waals surface area contributed by atoms with E-state index in [0.717, 1.165) is 0 Å². The van der Waals surface area contributed by atoms with Gasteiger partial charge in [0.15, 0.2) is 0 Å². The summed E-state index contributed by atoms with van der Waals surface area (Å²) in [5.74, 6) is 0. The smallest absolute Gasteiger partial charge is 0 e. The zero-order valence-corrected chi connectivity index (χ0v) is 7.40. The average Bonchev–Trinajstić information content (AvgIpc) is 0. The molecule has 0 bridgehead atoms. The fourth-order valence-electron chi connectivity index (χ4n) is 0. The van der Waals surface area contributed by atoms with E-state index in [0.29, 0.717) is 0 Å². The van der Waals surface area contributed by atoms with Crippen LogP contribution in [0.15, 0.2) is 0 Å². The van der Waals surface area contributed by atoms with Crippen LogP contribution in [0, 0.1) is 0 Å². The molecule has 0 unspecified atom stereocenters. The van der Waals surface area contributed by atoms with E-state index in [1.807, 2.05) is 0 Å². The van der Waals surface area contributed by atoms with Gasteiger partial charge in [0.05, 0.1) is 0 Å². The minimum Gasteiger partial charge on any atom is -0.344 e. The summed E-state index contributed by atoms with van der Waals surface area (Å²) in [7, 11) is 0. The largest absolute Gasteiger partial charge is 0.344 e. The maximum Gasteiger partial charge on any atom is 0 e. The summed E-state index contributed by atoms with van der Waals surface area (Å²) in [4.78, 5) is 0. The van der Waals surface area contributed by atoms with Crippen LogP contribution in [0.1, 0.15) is 0 Å². The first-order valence-electron chi connectivity index (χ1n) is 0. The first kappa shape index (κ1) is 32.6. The van der Waals surface area contributed by atoms with Crippen LogP contribution in [0.3, 0.4) is 0 Å². The van der Waals surface area contributed by atoms with Crippen molar-refractivity contribution in [2.24, 2.45) is 0 Å². The van der Waals surface area contributed by atoms with Gasteiger partial charge in [0.2, 0.25) is 0 Å². The van der Waals surface area contributed by atoms with Gasteiger partial charge in [-0.15, -0.1) is 0 Å². The number of rotatable bonds is 0. The Hall–Kier alpha value is 2.38. The van der Waals surface area contributed by atoms with Crippen LogP contribution in [0.5, 0.6) is 0 Å². The molecule has 0 aromatic heterocycles. The monoisotopic (exact) mass is 119 g/mol. The van der Waals surface area contributed by atoms with E-state index in [-0.39, 0.29) is 80.9 Å². The van der Waals surface area contributed by atoms with E-state index in [2.05, 4.69) is 0 Å². The van der Waals surface area contributed by atoms with Crippen molar-refractivity contribution in [3.05, 3.63) is 0 Å². The van der Waals surface area contributed by atoms with Gasteiger partial charge in [-0.3, -0.25) is 0 Å². The SMILES string of the molecule is N.[K].[P].[S]. The summed E-state index contributed by atoms with van der Waals surface area (Å²) in [6, 6.07) is 0. The maximum absolute atomic E-state index is 0. The topological polar surface area (TPSA) is 35.0 Å². The standard InChI is InChI=1S/K.H3N.P.S/h;1H3;;. The molecular formula is H3KNPS. The molecule has 0 spiro atoms. The Bertz CT molecular complexity index is 8.00. The van der Waals surface area contributed by atoms with Gasteiger partial charge in [-0.05, 0) is 0 Å². The maximum atomic E-state index is 0. The predicted octanol–water partition coefficient (Wildman–Crippen LogP) is 1.29. The zero-order valence-electron chi connectivity index (χ0n) is 2.56.